The van der Waals surface area contributed by atoms with Crippen molar-refractivity contribution in [2.75, 3.05) is 5.50 Å². The van der Waals surface area contributed by atoms with Crippen LogP contribution in [0.25, 0.3) is 0 Å². The van der Waals surface area contributed by atoms with Gasteiger partial charge in [-0.15, -0.1) is 11.6 Å². The molecular formula is C9H13ClO2Si. The lowest BCUT2D eigenvalue weighted by atomic mass is 10.3. The van der Waals surface area contributed by atoms with Crippen LogP contribution in [-0.2, 0) is 0 Å². The molecule has 0 radical (unpaired) electrons. The van der Waals surface area contributed by atoms with Gasteiger partial charge < -0.3 is 10.2 Å². The van der Waals surface area contributed by atoms with Crippen LogP contribution in [0, 0.1) is 0 Å². The number of hydrogen-bond donors (Lipinski definition) is 2. The first-order valence-electron chi connectivity index (χ1n) is 4.06. The molecule has 13 heavy (non-hydrogen) atoms. The molecule has 0 aliphatic carbocycles. The normalized spacial score (nSPS) is 11.6. The molecular weight excluding hydrogens is 204 g/mol. The number of phenolic OH excluding ortho intramolecular Hbond substituents is 2. The van der Waals surface area contributed by atoms with Gasteiger partial charge in [-0.1, -0.05) is 25.2 Å². The molecule has 0 heterocycles. The fourth-order valence-corrected chi connectivity index (χ4v) is 3.04. The molecule has 2 nitrogen and oxygen atoms in total. The zero-order valence-electron chi connectivity index (χ0n) is 7.71. The minimum absolute atomic E-state index is 0.0141. The Kier molecular flexibility index (Phi) is 2.88. The largest absolute Gasteiger partial charge is 0.504 e. The van der Waals surface area contributed by atoms with E-state index in [2.05, 4.69) is 13.1 Å². The molecule has 0 saturated heterocycles. The highest BCUT2D eigenvalue weighted by atomic mass is 35.5. The molecule has 4 heteroatoms. The van der Waals surface area contributed by atoms with Crippen molar-refractivity contribution < 1.29 is 10.2 Å². The zero-order chi connectivity index (χ0) is 10.1. The number of rotatable bonds is 2. The van der Waals surface area contributed by atoms with Crippen LogP contribution in [0.1, 0.15) is 0 Å². The maximum Gasteiger partial charge on any atom is 0.157 e. The predicted molar refractivity (Wildman–Crippen MR) is 57.6 cm³/mol. The van der Waals surface area contributed by atoms with Crippen LogP contribution in [0.15, 0.2) is 18.2 Å². The standard InChI is InChI=1S/C9H13ClO2Si/c1-13(2,6-10)8-5-3-4-7(11)9(8)12/h3-5,11-12H,6H2,1-2H3. The first-order valence-corrected chi connectivity index (χ1v) is 7.80. The number of benzene rings is 1. The van der Waals surface area contributed by atoms with Gasteiger partial charge in [-0.05, 0) is 11.3 Å². The van der Waals surface area contributed by atoms with Crippen molar-refractivity contribution in [1.82, 2.24) is 0 Å². The van der Waals surface area contributed by atoms with E-state index in [-0.39, 0.29) is 11.5 Å². The van der Waals surface area contributed by atoms with Gasteiger partial charge in [0.25, 0.3) is 0 Å². The second-order valence-corrected chi connectivity index (χ2v) is 9.07. The zero-order valence-corrected chi connectivity index (χ0v) is 9.47. The topological polar surface area (TPSA) is 40.5 Å². The highest BCUT2D eigenvalue weighted by Crippen LogP contribution is 2.24. The summed E-state index contributed by atoms with van der Waals surface area (Å²) in [5.74, 6) is -0.0805. The van der Waals surface area contributed by atoms with E-state index in [9.17, 15) is 10.2 Å². The number of phenols is 2. The van der Waals surface area contributed by atoms with Gasteiger partial charge in [0.15, 0.2) is 11.5 Å². The molecule has 0 aliphatic rings. The molecule has 0 spiro atoms. The first-order chi connectivity index (χ1) is 5.99. The Bertz CT molecular complexity index is 312. The summed E-state index contributed by atoms with van der Waals surface area (Å²) in [5, 5.41) is 19.7. The third-order valence-corrected chi connectivity index (χ3v) is 6.61. The molecule has 0 aliphatic heterocycles. The summed E-state index contributed by atoms with van der Waals surface area (Å²) < 4.78 is 0. The number of aromatic hydroxyl groups is 2. The SMILES string of the molecule is C[Si](C)(CCl)c1cccc(O)c1O. The lowest BCUT2D eigenvalue weighted by molar-refractivity contribution is 0.406. The fourth-order valence-electron chi connectivity index (χ4n) is 1.15. The lowest BCUT2D eigenvalue weighted by Crippen LogP contribution is -2.43. The average Bonchev–Trinajstić information content (AvgIpc) is 2.09. The number of alkyl halides is 1. The summed E-state index contributed by atoms with van der Waals surface area (Å²) in [5.41, 5.74) is 0.532. The minimum atomic E-state index is -1.77. The van der Waals surface area contributed by atoms with Crippen LogP contribution in [0.4, 0.5) is 0 Å². The van der Waals surface area contributed by atoms with E-state index in [1.54, 1.807) is 6.07 Å². The Morgan fingerprint density at radius 2 is 1.92 bits per heavy atom. The summed E-state index contributed by atoms with van der Waals surface area (Å²) in [6.45, 7) is 4.10. The molecule has 1 aromatic carbocycles. The molecule has 1 rings (SSSR count). The number of para-hydroxylation sites is 1. The summed E-state index contributed by atoms with van der Waals surface area (Å²) in [6, 6.07) is 5.02. The second kappa shape index (κ2) is 3.60. The molecule has 72 valence electrons. The Labute approximate surface area is 83.8 Å². The van der Waals surface area contributed by atoms with E-state index >= 15 is 0 Å². The van der Waals surface area contributed by atoms with Crippen LogP contribution in [0.5, 0.6) is 11.5 Å². The van der Waals surface area contributed by atoms with E-state index in [0.29, 0.717) is 5.50 Å². The Morgan fingerprint density at radius 1 is 1.31 bits per heavy atom. The van der Waals surface area contributed by atoms with Crippen molar-refractivity contribution in [2.24, 2.45) is 0 Å². The van der Waals surface area contributed by atoms with Gasteiger partial charge in [0.2, 0.25) is 0 Å². The minimum Gasteiger partial charge on any atom is -0.504 e. The van der Waals surface area contributed by atoms with Crippen molar-refractivity contribution >= 4 is 24.9 Å². The summed E-state index contributed by atoms with van der Waals surface area (Å²) >= 11 is 5.82. The van der Waals surface area contributed by atoms with Gasteiger partial charge in [0, 0.05) is 5.50 Å². The number of halogens is 1. The maximum atomic E-state index is 9.59. The summed E-state index contributed by atoms with van der Waals surface area (Å²) in [6.07, 6.45) is 0. The van der Waals surface area contributed by atoms with Gasteiger partial charge in [-0.3, -0.25) is 0 Å². The van der Waals surface area contributed by atoms with E-state index in [1.165, 1.54) is 6.07 Å². The van der Waals surface area contributed by atoms with E-state index in [0.717, 1.165) is 5.19 Å². The van der Waals surface area contributed by atoms with Crippen LogP contribution in [-0.4, -0.2) is 23.8 Å². The second-order valence-electron chi connectivity index (χ2n) is 3.69. The Balaban J connectivity index is 3.22. The van der Waals surface area contributed by atoms with Crippen LogP contribution >= 0.6 is 11.6 Å². The smallest absolute Gasteiger partial charge is 0.157 e. The molecule has 0 unspecified atom stereocenters. The van der Waals surface area contributed by atoms with Crippen molar-refractivity contribution in [3.63, 3.8) is 0 Å². The van der Waals surface area contributed by atoms with Crippen LogP contribution < -0.4 is 5.19 Å². The molecule has 0 aromatic heterocycles. The van der Waals surface area contributed by atoms with Gasteiger partial charge in [0.1, 0.15) is 8.07 Å². The molecule has 0 fully saturated rings. The highest BCUT2D eigenvalue weighted by Gasteiger charge is 2.26. The van der Waals surface area contributed by atoms with Gasteiger partial charge in [0.05, 0.1) is 0 Å². The van der Waals surface area contributed by atoms with E-state index < -0.39 is 8.07 Å². The number of hydrogen-bond acceptors (Lipinski definition) is 2. The first kappa shape index (κ1) is 10.4. The molecule has 0 amide bonds. The van der Waals surface area contributed by atoms with Crippen molar-refractivity contribution in [1.29, 1.82) is 0 Å². The van der Waals surface area contributed by atoms with Gasteiger partial charge >= 0.3 is 0 Å². The third-order valence-electron chi connectivity index (χ3n) is 2.08. The van der Waals surface area contributed by atoms with Crippen LogP contribution in [0.2, 0.25) is 13.1 Å². The summed E-state index contributed by atoms with van der Waals surface area (Å²) in [7, 11) is -1.77. The maximum absolute atomic E-state index is 9.59. The molecule has 0 bridgehead atoms. The Hall–Kier alpha value is -0.673. The van der Waals surface area contributed by atoms with E-state index in [4.69, 9.17) is 11.6 Å². The quantitative estimate of drug-likeness (QED) is 0.450. The molecule has 1 aromatic rings. The molecule has 2 N–H and O–H groups in total. The summed E-state index contributed by atoms with van der Waals surface area (Å²) in [4.78, 5) is 0. The molecule has 0 saturated carbocycles. The highest BCUT2D eigenvalue weighted by molar-refractivity contribution is 6.94. The molecule has 0 atom stereocenters. The Morgan fingerprint density at radius 3 is 2.46 bits per heavy atom. The third kappa shape index (κ3) is 1.98. The van der Waals surface area contributed by atoms with E-state index in [1.807, 2.05) is 6.07 Å². The predicted octanol–water partition coefficient (Wildman–Crippen LogP) is 1.79. The van der Waals surface area contributed by atoms with Gasteiger partial charge in [-0.25, -0.2) is 0 Å². The monoisotopic (exact) mass is 216 g/mol. The van der Waals surface area contributed by atoms with Crippen molar-refractivity contribution in [3.8, 4) is 11.5 Å². The fraction of sp³-hybridized carbons (Fsp3) is 0.333. The van der Waals surface area contributed by atoms with Crippen LogP contribution in [0.3, 0.4) is 0 Å². The van der Waals surface area contributed by atoms with Crippen molar-refractivity contribution in [2.45, 2.75) is 13.1 Å². The average molecular weight is 217 g/mol. The lowest BCUT2D eigenvalue weighted by Gasteiger charge is -2.20. The van der Waals surface area contributed by atoms with Crippen molar-refractivity contribution in [3.05, 3.63) is 18.2 Å². The van der Waals surface area contributed by atoms with Gasteiger partial charge in [-0.2, -0.15) is 0 Å².